The lowest BCUT2D eigenvalue weighted by Crippen LogP contribution is -2.59. The molecule has 1 aliphatic heterocycles. The molecule has 3 aromatic rings. The van der Waals surface area contributed by atoms with E-state index in [4.69, 9.17) is 4.74 Å². The summed E-state index contributed by atoms with van der Waals surface area (Å²) in [6, 6.07) is 30.3. The van der Waals surface area contributed by atoms with E-state index in [1.807, 2.05) is 61.5 Å². The number of hydrogen-bond donors (Lipinski definition) is 0. The van der Waals surface area contributed by atoms with Gasteiger partial charge in [-0.25, -0.2) is 4.79 Å². The van der Waals surface area contributed by atoms with E-state index in [0.717, 1.165) is 29.5 Å². The van der Waals surface area contributed by atoms with Crippen molar-refractivity contribution in [2.45, 2.75) is 44.2 Å². The van der Waals surface area contributed by atoms with Gasteiger partial charge in [0, 0.05) is 32.0 Å². The maximum atomic E-state index is 14.0. The highest BCUT2D eigenvalue weighted by atomic mass is 16.5. The molecule has 0 aromatic heterocycles. The van der Waals surface area contributed by atoms with E-state index < -0.39 is 6.04 Å². The van der Waals surface area contributed by atoms with Crippen molar-refractivity contribution in [3.8, 4) is 0 Å². The smallest absolute Gasteiger partial charge is 0.330 e. The summed E-state index contributed by atoms with van der Waals surface area (Å²) < 4.78 is 5.53. The molecule has 0 saturated carbocycles. The van der Waals surface area contributed by atoms with Crippen LogP contribution in [0.2, 0.25) is 0 Å². The van der Waals surface area contributed by atoms with Crippen molar-refractivity contribution in [1.82, 2.24) is 9.80 Å². The van der Waals surface area contributed by atoms with Gasteiger partial charge in [0.2, 0.25) is 5.91 Å². The van der Waals surface area contributed by atoms with Gasteiger partial charge in [0.15, 0.2) is 0 Å². The summed E-state index contributed by atoms with van der Waals surface area (Å²) >= 11 is 0. The normalized spacial score (nSPS) is 18.3. The van der Waals surface area contributed by atoms with Crippen LogP contribution in [0.1, 0.15) is 54.8 Å². The van der Waals surface area contributed by atoms with Gasteiger partial charge in [-0.3, -0.25) is 9.69 Å². The molecule has 0 bridgehead atoms. The summed E-state index contributed by atoms with van der Waals surface area (Å²) in [5.74, 6) is -0.400. The zero-order chi connectivity index (χ0) is 27.7. The van der Waals surface area contributed by atoms with Gasteiger partial charge in [-0.1, -0.05) is 109 Å². The minimum Gasteiger partial charge on any atom is -0.464 e. The lowest BCUT2D eigenvalue weighted by Gasteiger charge is -2.44. The Labute approximate surface area is 237 Å². The Hall–Kier alpha value is -3.96. The highest BCUT2D eigenvalue weighted by Crippen LogP contribution is 2.34. The predicted molar refractivity (Wildman–Crippen MR) is 159 cm³/mol. The summed E-state index contributed by atoms with van der Waals surface area (Å²) in [7, 11) is 0. The molecule has 1 aliphatic carbocycles. The Morgan fingerprint density at radius 2 is 1.43 bits per heavy atom. The second-order valence-electron chi connectivity index (χ2n) is 10.4. The molecule has 3 aromatic carbocycles. The monoisotopic (exact) mass is 534 g/mol. The minimum absolute atomic E-state index is 0.0117. The van der Waals surface area contributed by atoms with E-state index in [0.29, 0.717) is 26.1 Å². The third kappa shape index (κ3) is 6.43. The molecular formula is C35H38N2O3. The van der Waals surface area contributed by atoms with Gasteiger partial charge in [-0.05, 0) is 42.0 Å². The third-order valence-corrected chi connectivity index (χ3v) is 7.89. The highest BCUT2D eigenvalue weighted by Gasteiger charge is 2.39. The molecule has 0 N–H and O–H groups in total. The van der Waals surface area contributed by atoms with E-state index in [-0.39, 0.29) is 30.4 Å². The average molecular weight is 535 g/mol. The van der Waals surface area contributed by atoms with E-state index in [1.165, 1.54) is 5.57 Å². The van der Waals surface area contributed by atoms with Gasteiger partial charge in [-0.2, -0.15) is 0 Å². The average Bonchev–Trinajstić information content (AvgIpc) is 3.02. The Kier molecular flexibility index (Phi) is 9.25. The molecule has 1 heterocycles. The molecular weight excluding hydrogens is 496 g/mol. The zero-order valence-electron chi connectivity index (χ0n) is 23.2. The quantitative estimate of drug-likeness (QED) is 0.302. The first-order chi connectivity index (χ1) is 19.7. The summed E-state index contributed by atoms with van der Waals surface area (Å²) in [4.78, 5) is 31.4. The molecule has 5 nitrogen and oxygen atoms in total. The van der Waals surface area contributed by atoms with Crippen LogP contribution in [0.3, 0.4) is 0 Å². The molecule has 40 heavy (non-hydrogen) atoms. The number of benzene rings is 3. The topological polar surface area (TPSA) is 49.9 Å². The fourth-order valence-corrected chi connectivity index (χ4v) is 5.96. The first-order valence-electron chi connectivity index (χ1n) is 14.4. The lowest BCUT2D eigenvalue weighted by molar-refractivity contribution is -0.158. The fraction of sp³-hybridized carbons (Fsp3) is 0.314. The van der Waals surface area contributed by atoms with Gasteiger partial charge in [0.1, 0.15) is 6.04 Å². The van der Waals surface area contributed by atoms with Crippen LogP contribution in [0.25, 0.3) is 0 Å². The van der Waals surface area contributed by atoms with Crippen molar-refractivity contribution in [3.63, 3.8) is 0 Å². The van der Waals surface area contributed by atoms with Crippen LogP contribution in [0, 0.1) is 0 Å². The number of rotatable bonds is 9. The number of ether oxygens (including phenoxy) is 1. The molecule has 5 heteroatoms. The molecule has 206 valence electrons. The third-order valence-electron chi connectivity index (χ3n) is 7.89. The number of hydrogen-bond acceptors (Lipinski definition) is 4. The SMILES string of the molecule is CCOC(=O)C1CN(C(c2ccccc2)c2ccccc2)CCN1C(=O)CC(C1=CCCC=C1)c1ccccc1. The summed E-state index contributed by atoms with van der Waals surface area (Å²) in [5.41, 5.74) is 4.62. The van der Waals surface area contributed by atoms with Crippen molar-refractivity contribution in [3.05, 3.63) is 131 Å². The van der Waals surface area contributed by atoms with Crippen LogP contribution >= 0.6 is 0 Å². The zero-order valence-corrected chi connectivity index (χ0v) is 23.2. The predicted octanol–water partition coefficient (Wildman–Crippen LogP) is 6.30. The first kappa shape index (κ1) is 27.6. The van der Waals surface area contributed by atoms with E-state index in [2.05, 4.69) is 59.5 Å². The second kappa shape index (κ2) is 13.4. The molecule has 5 rings (SSSR count). The standard InChI is InChI=1S/C35H38N2O3/c1-2-40-35(39)32-26-36(34(29-19-11-5-12-20-29)30-21-13-6-14-22-30)23-24-37(32)33(38)25-31(27-15-7-3-8-16-27)28-17-9-4-10-18-28/h3,5-9,11-22,31-32,34H,2,4,10,23-26H2,1H3. The van der Waals surface area contributed by atoms with Crippen LogP contribution < -0.4 is 0 Å². The lowest BCUT2D eigenvalue weighted by atomic mass is 9.85. The van der Waals surface area contributed by atoms with Gasteiger partial charge in [0.05, 0.1) is 12.6 Å². The first-order valence-corrected chi connectivity index (χ1v) is 14.4. The number of esters is 1. The van der Waals surface area contributed by atoms with Crippen LogP contribution in [0.5, 0.6) is 0 Å². The fourth-order valence-electron chi connectivity index (χ4n) is 5.96. The van der Waals surface area contributed by atoms with E-state index in [1.54, 1.807) is 4.90 Å². The number of allylic oxidation sites excluding steroid dienone is 4. The molecule has 2 aliphatic rings. The van der Waals surface area contributed by atoms with Crippen molar-refractivity contribution in [1.29, 1.82) is 0 Å². The maximum absolute atomic E-state index is 14.0. The largest absolute Gasteiger partial charge is 0.464 e. The molecule has 1 fully saturated rings. The number of carbonyl (C=O) groups is 2. The van der Waals surface area contributed by atoms with Crippen LogP contribution in [0.15, 0.2) is 115 Å². The summed E-state index contributed by atoms with van der Waals surface area (Å²) in [6.07, 6.45) is 8.90. The Bertz CT molecular complexity index is 1280. The van der Waals surface area contributed by atoms with Crippen LogP contribution in [-0.4, -0.2) is 54.0 Å². The molecule has 0 spiro atoms. The van der Waals surface area contributed by atoms with Crippen LogP contribution in [-0.2, 0) is 14.3 Å². The summed E-state index contributed by atoms with van der Waals surface area (Å²) in [5, 5.41) is 0. The van der Waals surface area contributed by atoms with E-state index in [9.17, 15) is 9.59 Å². The van der Waals surface area contributed by atoms with Gasteiger partial charge in [0.25, 0.3) is 0 Å². The molecule has 0 radical (unpaired) electrons. The second-order valence-corrected chi connectivity index (χ2v) is 10.4. The number of carbonyl (C=O) groups excluding carboxylic acids is 2. The van der Waals surface area contributed by atoms with Gasteiger partial charge in [-0.15, -0.1) is 0 Å². The van der Waals surface area contributed by atoms with Crippen molar-refractivity contribution in [2.24, 2.45) is 0 Å². The number of nitrogens with zero attached hydrogens (tertiary/aromatic N) is 2. The molecule has 1 saturated heterocycles. The van der Waals surface area contributed by atoms with Crippen molar-refractivity contribution < 1.29 is 14.3 Å². The van der Waals surface area contributed by atoms with Crippen LogP contribution in [0.4, 0.5) is 0 Å². The number of amides is 1. The van der Waals surface area contributed by atoms with Crippen molar-refractivity contribution in [2.75, 3.05) is 26.2 Å². The molecule has 1 amide bonds. The van der Waals surface area contributed by atoms with Crippen molar-refractivity contribution >= 4 is 11.9 Å². The highest BCUT2D eigenvalue weighted by molar-refractivity contribution is 5.86. The van der Waals surface area contributed by atoms with E-state index >= 15 is 0 Å². The van der Waals surface area contributed by atoms with Gasteiger partial charge >= 0.3 is 5.97 Å². The minimum atomic E-state index is -0.663. The molecule has 2 unspecified atom stereocenters. The Morgan fingerprint density at radius 1 is 0.825 bits per heavy atom. The Morgan fingerprint density at radius 3 is 1.98 bits per heavy atom. The summed E-state index contributed by atoms with van der Waals surface area (Å²) in [6.45, 7) is 3.64. The molecule has 2 atom stereocenters. The Balaban J connectivity index is 1.42. The van der Waals surface area contributed by atoms with Gasteiger partial charge < -0.3 is 9.64 Å². The maximum Gasteiger partial charge on any atom is 0.330 e. The number of piperazine rings is 1.